The summed E-state index contributed by atoms with van der Waals surface area (Å²) >= 11 is 1.63. The number of carbonyl (C=O) groups is 1. The van der Waals surface area contributed by atoms with Gasteiger partial charge in [0.1, 0.15) is 0 Å². The van der Waals surface area contributed by atoms with Crippen LogP contribution in [0.5, 0.6) is 0 Å². The topological polar surface area (TPSA) is 59.2 Å². The molecule has 0 spiro atoms. The number of aryl methyl sites for hydroxylation is 1. The van der Waals surface area contributed by atoms with Crippen molar-refractivity contribution in [3.63, 3.8) is 0 Å². The van der Waals surface area contributed by atoms with E-state index in [4.69, 9.17) is 5.73 Å². The zero-order valence-corrected chi connectivity index (χ0v) is 13.7. The molecule has 2 fully saturated rings. The van der Waals surface area contributed by atoms with Crippen LogP contribution in [0.15, 0.2) is 5.51 Å². The molecule has 21 heavy (non-hydrogen) atoms. The maximum Gasteiger partial charge on any atom is 0.225 e. The lowest BCUT2D eigenvalue weighted by atomic mass is 9.65. The van der Waals surface area contributed by atoms with Crippen LogP contribution in [0.25, 0.3) is 0 Å². The van der Waals surface area contributed by atoms with Crippen LogP contribution in [0, 0.1) is 24.7 Å². The van der Waals surface area contributed by atoms with Crippen molar-refractivity contribution >= 4 is 17.2 Å². The first-order chi connectivity index (χ1) is 10.1. The third kappa shape index (κ3) is 2.99. The van der Waals surface area contributed by atoms with E-state index in [1.807, 2.05) is 24.4 Å². The molecule has 5 heteroatoms. The molecule has 3 rings (SSSR count). The first-order valence-corrected chi connectivity index (χ1v) is 8.83. The Balaban J connectivity index is 1.64. The highest BCUT2D eigenvalue weighted by Crippen LogP contribution is 2.42. The fourth-order valence-corrected chi connectivity index (χ4v) is 4.90. The number of nitrogens with zero attached hydrogens (tertiary/aromatic N) is 2. The van der Waals surface area contributed by atoms with Crippen LogP contribution in [0.4, 0.5) is 0 Å². The maximum absolute atomic E-state index is 12.7. The van der Waals surface area contributed by atoms with Gasteiger partial charge >= 0.3 is 0 Å². The van der Waals surface area contributed by atoms with E-state index in [1.54, 1.807) is 11.3 Å². The van der Waals surface area contributed by atoms with Crippen LogP contribution in [0.2, 0.25) is 0 Å². The zero-order valence-electron chi connectivity index (χ0n) is 12.9. The summed E-state index contributed by atoms with van der Waals surface area (Å²) in [6.45, 7) is 2.70. The first kappa shape index (κ1) is 15.0. The molecule has 2 saturated carbocycles. The van der Waals surface area contributed by atoms with Gasteiger partial charge in [-0.15, -0.1) is 11.3 Å². The number of carbonyl (C=O) groups excluding carboxylic acids is 1. The summed E-state index contributed by atoms with van der Waals surface area (Å²) in [5, 5.41) is 0. The highest BCUT2D eigenvalue weighted by molar-refractivity contribution is 7.09. The second-order valence-corrected chi connectivity index (χ2v) is 7.69. The lowest BCUT2D eigenvalue weighted by molar-refractivity contribution is -0.137. The van der Waals surface area contributed by atoms with Crippen LogP contribution in [0.3, 0.4) is 0 Å². The van der Waals surface area contributed by atoms with Gasteiger partial charge in [0.25, 0.3) is 0 Å². The Morgan fingerprint density at radius 1 is 1.43 bits per heavy atom. The Morgan fingerprint density at radius 2 is 2.10 bits per heavy atom. The molecule has 1 aromatic heterocycles. The molecule has 2 bridgehead atoms. The molecule has 1 aromatic rings. The SMILES string of the molecule is Cc1ncsc1CN(C)C(=O)C1CC2CCCC(C1)C2N. The van der Waals surface area contributed by atoms with Gasteiger partial charge < -0.3 is 10.6 Å². The number of amides is 1. The van der Waals surface area contributed by atoms with Crippen molar-refractivity contribution < 1.29 is 4.79 Å². The molecule has 1 amide bonds. The molecule has 0 radical (unpaired) electrons. The van der Waals surface area contributed by atoms with E-state index in [0.29, 0.717) is 30.3 Å². The summed E-state index contributed by atoms with van der Waals surface area (Å²) in [6.07, 6.45) is 5.68. The minimum Gasteiger partial charge on any atom is -0.340 e. The molecule has 0 aromatic carbocycles. The van der Waals surface area contributed by atoms with Crippen molar-refractivity contribution in [3.8, 4) is 0 Å². The van der Waals surface area contributed by atoms with E-state index in [-0.39, 0.29) is 5.92 Å². The Labute approximate surface area is 130 Å². The molecule has 116 valence electrons. The number of nitrogens with two attached hydrogens (primary N) is 1. The summed E-state index contributed by atoms with van der Waals surface area (Å²) in [5.74, 6) is 1.60. The van der Waals surface area contributed by atoms with E-state index >= 15 is 0 Å². The van der Waals surface area contributed by atoms with Crippen molar-refractivity contribution in [1.29, 1.82) is 0 Å². The normalized spacial score (nSPS) is 32.0. The predicted molar refractivity (Wildman–Crippen MR) is 84.9 cm³/mol. The van der Waals surface area contributed by atoms with Gasteiger partial charge in [-0.2, -0.15) is 0 Å². The van der Waals surface area contributed by atoms with Gasteiger partial charge in [-0.3, -0.25) is 4.79 Å². The van der Waals surface area contributed by atoms with Crippen LogP contribution < -0.4 is 5.73 Å². The van der Waals surface area contributed by atoms with E-state index in [2.05, 4.69) is 4.98 Å². The van der Waals surface area contributed by atoms with Crippen LogP contribution >= 0.6 is 11.3 Å². The van der Waals surface area contributed by atoms with Gasteiger partial charge in [0, 0.05) is 23.9 Å². The molecule has 2 unspecified atom stereocenters. The van der Waals surface area contributed by atoms with Crippen LogP contribution in [-0.4, -0.2) is 28.9 Å². The van der Waals surface area contributed by atoms with Crippen molar-refractivity contribution in [1.82, 2.24) is 9.88 Å². The standard InChI is InChI=1S/C16H25N3OS/c1-10-14(21-9-18-10)8-19(2)16(20)13-6-11-4-3-5-12(7-13)15(11)17/h9,11-13,15H,3-8,17H2,1-2H3. The number of hydrogen-bond donors (Lipinski definition) is 1. The number of fused-ring (bicyclic) bond motifs is 2. The number of rotatable bonds is 3. The third-order valence-corrected chi connectivity index (χ3v) is 6.28. The van der Waals surface area contributed by atoms with Crippen molar-refractivity contribution in [2.45, 2.75) is 51.6 Å². The Kier molecular flexibility index (Phi) is 4.31. The van der Waals surface area contributed by atoms with Crippen molar-refractivity contribution in [2.75, 3.05) is 7.05 Å². The lowest BCUT2D eigenvalue weighted by Gasteiger charge is -2.44. The van der Waals surface area contributed by atoms with E-state index in [1.165, 1.54) is 24.1 Å². The van der Waals surface area contributed by atoms with Crippen molar-refractivity contribution in [2.24, 2.45) is 23.5 Å². The summed E-state index contributed by atoms with van der Waals surface area (Å²) in [6, 6.07) is 0.330. The van der Waals surface area contributed by atoms with Gasteiger partial charge in [-0.05, 0) is 44.4 Å². The minimum atomic E-state index is 0.179. The molecule has 2 N–H and O–H groups in total. The second-order valence-electron chi connectivity index (χ2n) is 6.75. The van der Waals surface area contributed by atoms with E-state index < -0.39 is 0 Å². The molecule has 4 nitrogen and oxygen atoms in total. The fourth-order valence-electron chi connectivity index (χ4n) is 4.07. The van der Waals surface area contributed by atoms with E-state index in [0.717, 1.165) is 18.5 Å². The van der Waals surface area contributed by atoms with Gasteiger partial charge in [0.15, 0.2) is 0 Å². The maximum atomic E-state index is 12.7. The molecule has 2 aliphatic rings. The average Bonchev–Trinajstić information content (AvgIpc) is 2.83. The summed E-state index contributed by atoms with van der Waals surface area (Å²) in [4.78, 5) is 20.1. The number of thiazole rings is 1. The largest absolute Gasteiger partial charge is 0.340 e. The van der Waals surface area contributed by atoms with E-state index in [9.17, 15) is 4.79 Å². The first-order valence-electron chi connectivity index (χ1n) is 7.95. The van der Waals surface area contributed by atoms with Gasteiger partial charge in [-0.25, -0.2) is 4.98 Å². The van der Waals surface area contributed by atoms with Crippen molar-refractivity contribution in [3.05, 3.63) is 16.1 Å². The molecule has 1 heterocycles. The second kappa shape index (κ2) is 6.05. The zero-order chi connectivity index (χ0) is 15.0. The number of aromatic nitrogens is 1. The average molecular weight is 307 g/mol. The van der Waals surface area contributed by atoms with Gasteiger partial charge in [0.2, 0.25) is 5.91 Å². The highest BCUT2D eigenvalue weighted by Gasteiger charge is 2.41. The number of hydrogen-bond acceptors (Lipinski definition) is 4. The lowest BCUT2D eigenvalue weighted by Crippen LogP contribution is -2.49. The molecular weight excluding hydrogens is 282 g/mol. The van der Waals surface area contributed by atoms with Crippen LogP contribution in [-0.2, 0) is 11.3 Å². The summed E-state index contributed by atoms with van der Waals surface area (Å²) in [5.41, 5.74) is 9.22. The Bertz CT molecular complexity index is 501. The quantitative estimate of drug-likeness (QED) is 0.933. The molecule has 0 aliphatic heterocycles. The minimum absolute atomic E-state index is 0.179. The monoisotopic (exact) mass is 307 g/mol. The summed E-state index contributed by atoms with van der Waals surface area (Å²) < 4.78 is 0. The Hall–Kier alpha value is -0.940. The van der Waals surface area contributed by atoms with Crippen LogP contribution in [0.1, 0.15) is 42.7 Å². The molecule has 2 atom stereocenters. The molecular formula is C16H25N3OS. The fraction of sp³-hybridized carbons (Fsp3) is 0.750. The molecule has 0 saturated heterocycles. The smallest absolute Gasteiger partial charge is 0.225 e. The molecule has 2 aliphatic carbocycles. The van der Waals surface area contributed by atoms with Gasteiger partial charge in [0.05, 0.1) is 17.7 Å². The van der Waals surface area contributed by atoms with Gasteiger partial charge in [-0.1, -0.05) is 6.42 Å². The predicted octanol–water partition coefficient (Wildman–Crippen LogP) is 2.56. The third-order valence-electron chi connectivity index (χ3n) is 5.36. The highest BCUT2D eigenvalue weighted by atomic mass is 32.1. The summed E-state index contributed by atoms with van der Waals surface area (Å²) in [7, 11) is 1.92. The Morgan fingerprint density at radius 3 is 2.67 bits per heavy atom.